The molecule has 110 valence electrons. The number of phenols is 1. The number of benzene rings is 1. The van der Waals surface area contributed by atoms with Gasteiger partial charge in [0, 0.05) is 19.6 Å². The van der Waals surface area contributed by atoms with E-state index in [1.807, 2.05) is 12.1 Å². The lowest BCUT2D eigenvalue weighted by atomic mass is 10.1. The Morgan fingerprint density at radius 3 is 2.81 bits per heavy atom. The molecule has 1 amide bonds. The van der Waals surface area contributed by atoms with Crippen molar-refractivity contribution in [2.75, 3.05) is 19.6 Å². The van der Waals surface area contributed by atoms with Crippen molar-refractivity contribution in [3.8, 4) is 5.75 Å². The molecule has 7 heteroatoms. The summed E-state index contributed by atoms with van der Waals surface area (Å²) in [5, 5.41) is 23.0. The second-order valence-electron chi connectivity index (χ2n) is 5.07. The van der Waals surface area contributed by atoms with Gasteiger partial charge in [0.25, 0.3) is 5.91 Å². The highest BCUT2D eigenvalue weighted by atomic mass is 16.3. The minimum atomic E-state index is -0.215. The van der Waals surface area contributed by atoms with E-state index < -0.39 is 0 Å². The van der Waals surface area contributed by atoms with Gasteiger partial charge in [-0.2, -0.15) is 0 Å². The van der Waals surface area contributed by atoms with E-state index in [1.54, 1.807) is 23.0 Å². The van der Waals surface area contributed by atoms with Gasteiger partial charge in [-0.05, 0) is 24.1 Å². The molecule has 1 aromatic heterocycles. The van der Waals surface area contributed by atoms with Gasteiger partial charge in [0.2, 0.25) is 0 Å². The maximum atomic E-state index is 11.9. The molecule has 0 spiro atoms. The van der Waals surface area contributed by atoms with E-state index in [0.29, 0.717) is 24.7 Å². The molecule has 0 aliphatic carbocycles. The van der Waals surface area contributed by atoms with Crippen LogP contribution >= 0.6 is 0 Å². The summed E-state index contributed by atoms with van der Waals surface area (Å²) in [6.07, 6.45) is 2.38. The highest BCUT2D eigenvalue weighted by molar-refractivity contribution is 5.91. The molecule has 0 saturated carbocycles. The van der Waals surface area contributed by atoms with Crippen LogP contribution in [0.4, 0.5) is 0 Å². The lowest BCUT2D eigenvalue weighted by Crippen LogP contribution is -2.43. The average Bonchev–Trinajstić information content (AvgIpc) is 2.88. The number of hydrogen-bond acceptors (Lipinski definition) is 5. The van der Waals surface area contributed by atoms with Crippen LogP contribution < -0.4 is 10.6 Å². The molecule has 1 aliphatic rings. The molecule has 2 aromatic rings. The minimum Gasteiger partial charge on any atom is -0.508 e. The van der Waals surface area contributed by atoms with Gasteiger partial charge in [0.15, 0.2) is 5.69 Å². The van der Waals surface area contributed by atoms with Crippen LogP contribution in [-0.4, -0.2) is 45.6 Å². The molecule has 3 rings (SSSR count). The molecule has 21 heavy (non-hydrogen) atoms. The molecule has 2 heterocycles. The van der Waals surface area contributed by atoms with Gasteiger partial charge in [-0.1, -0.05) is 17.3 Å². The van der Waals surface area contributed by atoms with Crippen LogP contribution in [0.15, 0.2) is 30.5 Å². The fourth-order valence-corrected chi connectivity index (χ4v) is 2.09. The molecule has 0 radical (unpaired) electrons. The molecule has 7 nitrogen and oxygen atoms in total. The van der Waals surface area contributed by atoms with Crippen molar-refractivity contribution < 1.29 is 9.90 Å². The van der Waals surface area contributed by atoms with E-state index in [4.69, 9.17) is 0 Å². The molecule has 1 saturated heterocycles. The van der Waals surface area contributed by atoms with E-state index >= 15 is 0 Å². The number of aromatic nitrogens is 3. The predicted molar refractivity (Wildman–Crippen MR) is 76.1 cm³/mol. The Balaban J connectivity index is 1.49. The molecule has 0 bridgehead atoms. The van der Waals surface area contributed by atoms with Gasteiger partial charge < -0.3 is 15.7 Å². The number of aromatic hydroxyl groups is 1. The first-order chi connectivity index (χ1) is 10.2. The predicted octanol–water partition coefficient (Wildman–Crippen LogP) is 0.100. The van der Waals surface area contributed by atoms with Crippen LogP contribution in [0.3, 0.4) is 0 Å². The zero-order valence-corrected chi connectivity index (χ0v) is 11.5. The molecule has 3 N–H and O–H groups in total. The van der Waals surface area contributed by atoms with E-state index in [0.717, 1.165) is 18.7 Å². The van der Waals surface area contributed by atoms with Gasteiger partial charge in [0.05, 0.1) is 12.2 Å². The van der Waals surface area contributed by atoms with Crippen LogP contribution in [0.1, 0.15) is 22.1 Å². The number of hydrogen-bond donors (Lipinski definition) is 3. The molecule has 1 fully saturated rings. The Kier molecular flexibility index (Phi) is 3.83. The Hall–Kier alpha value is -2.41. The largest absolute Gasteiger partial charge is 0.508 e. The molecular weight excluding hydrogens is 270 g/mol. The number of nitrogens with zero attached hydrogens (tertiary/aromatic N) is 3. The minimum absolute atomic E-state index is 0.215. The molecule has 0 unspecified atom stereocenters. The topological polar surface area (TPSA) is 92.1 Å². The summed E-state index contributed by atoms with van der Waals surface area (Å²) in [7, 11) is 0. The van der Waals surface area contributed by atoms with Crippen LogP contribution in [-0.2, 0) is 6.42 Å². The number of nitrogens with one attached hydrogen (secondary N) is 2. The fourth-order valence-electron chi connectivity index (χ4n) is 2.09. The number of amides is 1. The molecule has 0 atom stereocenters. The number of phenolic OH excluding ortho intramolecular Hbond substituents is 1. The smallest absolute Gasteiger partial charge is 0.273 e. The highest BCUT2D eigenvalue weighted by Crippen LogP contribution is 2.10. The lowest BCUT2D eigenvalue weighted by Gasteiger charge is -2.26. The van der Waals surface area contributed by atoms with Crippen molar-refractivity contribution >= 4 is 5.91 Å². The van der Waals surface area contributed by atoms with Gasteiger partial charge in [0.1, 0.15) is 5.75 Å². The van der Waals surface area contributed by atoms with Crippen molar-refractivity contribution in [1.82, 2.24) is 25.6 Å². The van der Waals surface area contributed by atoms with E-state index in [1.165, 1.54) is 0 Å². The first-order valence-electron chi connectivity index (χ1n) is 6.91. The Morgan fingerprint density at radius 1 is 1.38 bits per heavy atom. The van der Waals surface area contributed by atoms with Gasteiger partial charge in [-0.3, -0.25) is 4.79 Å². The Morgan fingerprint density at radius 2 is 2.14 bits per heavy atom. The quantitative estimate of drug-likeness (QED) is 0.725. The van der Waals surface area contributed by atoms with Crippen LogP contribution in [0, 0.1) is 0 Å². The summed E-state index contributed by atoms with van der Waals surface area (Å²) in [6.45, 7) is 2.25. The first kappa shape index (κ1) is 13.6. The summed E-state index contributed by atoms with van der Waals surface area (Å²) in [5.41, 5.74) is 1.39. The van der Waals surface area contributed by atoms with Crippen molar-refractivity contribution in [2.45, 2.75) is 12.5 Å². The molecular formula is C14H17N5O2. The van der Waals surface area contributed by atoms with Crippen molar-refractivity contribution in [2.24, 2.45) is 0 Å². The summed E-state index contributed by atoms with van der Waals surface area (Å²) < 4.78 is 1.73. The average molecular weight is 287 g/mol. The maximum Gasteiger partial charge on any atom is 0.273 e. The van der Waals surface area contributed by atoms with Crippen LogP contribution in [0.2, 0.25) is 0 Å². The van der Waals surface area contributed by atoms with E-state index in [2.05, 4.69) is 20.9 Å². The van der Waals surface area contributed by atoms with Gasteiger partial charge in [-0.25, -0.2) is 4.68 Å². The fraction of sp³-hybridized carbons (Fsp3) is 0.357. The van der Waals surface area contributed by atoms with Gasteiger partial charge >= 0.3 is 0 Å². The Labute approximate surface area is 122 Å². The highest BCUT2D eigenvalue weighted by Gasteiger charge is 2.21. The third-order valence-electron chi connectivity index (χ3n) is 3.51. The monoisotopic (exact) mass is 287 g/mol. The first-order valence-corrected chi connectivity index (χ1v) is 6.91. The summed E-state index contributed by atoms with van der Waals surface area (Å²) >= 11 is 0. The molecule has 1 aliphatic heterocycles. The van der Waals surface area contributed by atoms with Crippen LogP contribution in [0.25, 0.3) is 0 Å². The summed E-state index contributed by atoms with van der Waals surface area (Å²) in [4.78, 5) is 11.9. The summed E-state index contributed by atoms with van der Waals surface area (Å²) in [5.74, 6) is 0.0252. The number of rotatable bonds is 5. The standard InChI is InChI=1S/C14H17N5O2/c20-12-3-1-10(2-4-12)5-6-16-14(21)13-9-19(18-17-13)11-7-15-8-11/h1-4,9,11,15,20H,5-8H2,(H,16,21). The SMILES string of the molecule is O=C(NCCc1ccc(O)cc1)c1cn(C2CNC2)nn1. The normalized spacial score (nSPS) is 14.7. The number of carbonyl (C=O) groups excluding carboxylic acids is 1. The third-order valence-corrected chi connectivity index (χ3v) is 3.51. The zero-order chi connectivity index (χ0) is 14.7. The zero-order valence-electron chi connectivity index (χ0n) is 11.5. The van der Waals surface area contributed by atoms with Crippen molar-refractivity contribution in [1.29, 1.82) is 0 Å². The van der Waals surface area contributed by atoms with E-state index in [-0.39, 0.29) is 11.7 Å². The second-order valence-corrected chi connectivity index (χ2v) is 5.07. The second kappa shape index (κ2) is 5.92. The lowest BCUT2D eigenvalue weighted by molar-refractivity contribution is 0.0949. The number of carbonyl (C=O) groups is 1. The maximum absolute atomic E-state index is 11.9. The molecule has 1 aromatic carbocycles. The third kappa shape index (κ3) is 3.19. The summed E-state index contributed by atoms with van der Waals surface area (Å²) in [6, 6.07) is 7.24. The van der Waals surface area contributed by atoms with E-state index in [9.17, 15) is 9.90 Å². The van der Waals surface area contributed by atoms with Crippen molar-refractivity contribution in [3.63, 3.8) is 0 Å². The van der Waals surface area contributed by atoms with Gasteiger partial charge in [-0.15, -0.1) is 5.10 Å². The van der Waals surface area contributed by atoms with Crippen molar-refractivity contribution in [3.05, 3.63) is 41.7 Å². The van der Waals surface area contributed by atoms with Crippen LogP contribution in [0.5, 0.6) is 5.75 Å². The Bertz CT molecular complexity index is 619.